The van der Waals surface area contributed by atoms with Gasteiger partial charge in [0, 0.05) is 12.6 Å². The zero-order chi connectivity index (χ0) is 19.7. The summed E-state index contributed by atoms with van der Waals surface area (Å²) in [5.41, 5.74) is -1.90. The highest BCUT2D eigenvalue weighted by Crippen LogP contribution is 2.33. The largest absolute Gasteiger partial charge is 0.444 e. The summed E-state index contributed by atoms with van der Waals surface area (Å²) in [5.74, 6) is -1.34. The number of alkyl halides is 3. The van der Waals surface area contributed by atoms with Crippen LogP contribution in [0.4, 0.5) is 22.4 Å². The number of amides is 1. The number of carbonyl (C=O) groups is 1. The van der Waals surface area contributed by atoms with E-state index in [4.69, 9.17) is 4.74 Å². The Balaban J connectivity index is 2.26. The fraction of sp³-hybridized carbons (Fsp3) is 0.611. The minimum atomic E-state index is -4.80. The molecule has 1 saturated heterocycles. The maximum absolute atomic E-state index is 13.6. The molecule has 1 amide bonds. The first-order valence-electron chi connectivity index (χ1n) is 8.47. The molecule has 0 radical (unpaired) electrons. The summed E-state index contributed by atoms with van der Waals surface area (Å²) in [6, 6.07) is 2.33. The molecule has 0 bridgehead atoms. The van der Waals surface area contributed by atoms with Gasteiger partial charge in [-0.2, -0.15) is 13.2 Å². The van der Waals surface area contributed by atoms with Gasteiger partial charge in [-0.15, -0.1) is 0 Å². The standard InChI is InChI=1S/C18H24F4N2O2/c1-11-7-8-24(11)10-15(23-16(25)26-17(2,3)4)12-5-6-14(19)13(9-12)18(20,21)22/h5-6,9,11,15H,7-8,10H2,1-4H3,(H,23,25)/t11-,15-/m1/s1. The summed E-state index contributed by atoms with van der Waals surface area (Å²) in [7, 11) is 0. The van der Waals surface area contributed by atoms with E-state index >= 15 is 0 Å². The molecule has 0 saturated carbocycles. The van der Waals surface area contributed by atoms with E-state index in [9.17, 15) is 22.4 Å². The number of rotatable bonds is 4. The van der Waals surface area contributed by atoms with Crippen LogP contribution in [0.5, 0.6) is 0 Å². The van der Waals surface area contributed by atoms with E-state index in [2.05, 4.69) is 5.32 Å². The Bertz CT molecular complexity index is 656. The highest BCUT2D eigenvalue weighted by Gasteiger charge is 2.36. The number of nitrogens with zero attached hydrogens (tertiary/aromatic N) is 1. The Morgan fingerprint density at radius 2 is 2.00 bits per heavy atom. The molecule has 1 aromatic rings. The predicted octanol–water partition coefficient (Wildman–Crippen LogP) is 4.50. The van der Waals surface area contributed by atoms with Crippen LogP contribution in [0.3, 0.4) is 0 Å². The molecule has 0 unspecified atom stereocenters. The van der Waals surface area contributed by atoms with Crippen LogP contribution >= 0.6 is 0 Å². The van der Waals surface area contributed by atoms with Crippen LogP contribution < -0.4 is 5.32 Å². The van der Waals surface area contributed by atoms with E-state index in [1.807, 2.05) is 11.8 Å². The highest BCUT2D eigenvalue weighted by atomic mass is 19.4. The number of alkyl carbamates (subject to hydrolysis) is 1. The topological polar surface area (TPSA) is 41.6 Å². The second-order valence-corrected chi connectivity index (χ2v) is 7.57. The number of nitrogens with one attached hydrogen (secondary N) is 1. The quantitative estimate of drug-likeness (QED) is 0.787. The summed E-state index contributed by atoms with van der Waals surface area (Å²) < 4.78 is 57.8. The van der Waals surface area contributed by atoms with Gasteiger partial charge < -0.3 is 10.1 Å². The van der Waals surface area contributed by atoms with Crippen LogP contribution in [-0.4, -0.2) is 35.7 Å². The molecule has 1 heterocycles. The lowest BCUT2D eigenvalue weighted by Gasteiger charge is -2.41. The van der Waals surface area contributed by atoms with E-state index in [-0.39, 0.29) is 11.6 Å². The molecule has 2 rings (SSSR count). The molecule has 8 heteroatoms. The van der Waals surface area contributed by atoms with Gasteiger partial charge in [0.2, 0.25) is 0 Å². The smallest absolute Gasteiger partial charge is 0.419 e. The third-order valence-electron chi connectivity index (χ3n) is 4.26. The molecule has 0 aliphatic carbocycles. The molecule has 4 nitrogen and oxygen atoms in total. The van der Waals surface area contributed by atoms with E-state index in [0.29, 0.717) is 6.54 Å². The summed E-state index contributed by atoms with van der Waals surface area (Å²) in [4.78, 5) is 14.2. The fourth-order valence-electron chi connectivity index (χ4n) is 2.74. The van der Waals surface area contributed by atoms with Crippen LogP contribution in [0.1, 0.15) is 51.3 Å². The molecular weight excluding hydrogens is 352 g/mol. The Hall–Kier alpha value is -1.83. The van der Waals surface area contributed by atoms with Crippen molar-refractivity contribution >= 4 is 6.09 Å². The Morgan fingerprint density at radius 3 is 2.46 bits per heavy atom. The molecule has 0 aromatic heterocycles. The lowest BCUT2D eigenvalue weighted by atomic mass is 9.99. The van der Waals surface area contributed by atoms with Crippen LogP contribution in [0, 0.1) is 5.82 Å². The number of benzene rings is 1. The van der Waals surface area contributed by atoms with Gasteiger partial charge in [0.25, 0.3) is 0 Å². The van der Waals surface area contributed by atoms with Crippen molar-refractivity contribution in [3.05, 3.63) is 35.1 Å². The van der Waals surface area contributed by atoms with Crippen molar-refractivity contribution in [2.45, 2.75) is 58.0 Å². The van der Waals surface area contributed by atoms with E-state index in [1.54, 1.807) is 20.8 Å². The van der Waals surface area contributed by atoms with Crippen molar-refractivity contribution in [2.24, 2.45) is 0 Å². The van der Waals surface area contributed by atoms with E-state index in [0.717, 1.165) is 25.1 Å². The average Bonchev–Trinajstić information content (AvgIpc) is 2.47. The highest BCUT2D eigenvalue weighted by molar-refractivity contribution is 5.68. The maximum atomic E-state index is 13.6. The average molecular weight is 376 g/mol. The molecule has 0 spiro atoms. The third kappa shape index (κ3) is 5.33. The molecule has 1 aromatic carbocycles. The predicted molar refractivity (Wildman–Crippen MR) is 89.2 cm³/mol. The van der Waals surface area contributed by atoms with Gasteiger partial charge in [-0.1, -0.05) is 6.07 Å². The van der Waals surface area contributed by atoms with Crippen molar-refractivity contribution in [3.8, 4) is 0 Å². The van der Waals surface area contributed by atoms with Gasteiger partial charge in [-0.25, -0.2) is 9.18 Å². The summed E-state index contributed by atoms with van der Waals surface area (Å²) in [6.07, 6.45) is -4.55. The van der Waals surface area contributed by atoms with Crippen LogP contribution in [0.25, 0.3) is 0 Å². The minimum absolute atomic E-state index is 0.184. The van der Waals surface area contributed by atoms with E-state index in [1.165, 1.54) is 6.07 Å². The summed E-state index contributed by atoms with van der Waals surface area (Å²) >= 11 is 0. The van der Waals surface area contributed by atoms with Crippen molar-refractivity contribution in [2.75, 3.05) is 13.1 Å². The van der Waals surface area contributed by atoms with Crippen LogP contribution in [-0.2, 0) is 10.9 Å². The van der Waals surface area contributed by atoms with Gasteiger partial charge >= 0.3 is 12.3 Å². The van der Waals surface area contributed by atoms with Crippen LogP contribution in [0.2, 0.25) is 0 Å². The second kappa shape index (κ2) is 7.42. The molecule has 1 aliphatic heterocycles. The number of hydrogen-bond acceptors (Lipinski definition) is 3. The zero-order valence-electron chi connectivity index (χ0n) is 15.3. The minimum Gasteiger partial charge on any atom is -0.444 e. The van der Waals surface area contributed by atoms with Crippen molar-refractivity contribution in [1.29, 1.82) is 0 Å². The van der Waals surface area contributed by atoms with Crippen LogP contribution in [0.15, 0.2) is 18.2 Å². The lowest BCUT2D eigenvalue weighted by molar-refractivity contribution is -0.140. The lowest BCUT2D eigenvalue weighted by Crippen LogP contribution is -2.50. The zero-order valence-corrected chi connectivity index (χ0v) is 15.3. The number of ether oxygens (including phenoxy) is 1. The summed E-state index contributed by atoms with van der Waals surface area (Å²) in [6.45, 7) is 8.19. The van der Waals surface area contributed by atoms with E-state index < -0.39 is 35.3 Å². The normalized spacial score (nSPS) is 19.6. The van der Waals surface area contributed by atoms with Gasteiger partial charge in [-0.05, 0) is 58.4 Å². The maximum Gasteiger partial charge on any atom is 0.419 e. The molecule has 26 heavy (non-hydrogen) atoms. The second-order valence-electron chi connectivity index (χ2n) is 7.57. The SMILES string of the molecule is C[C@@H]1CCN1C[C@@H](NC(=O)OC(C)(C)C)c1ccc(F)c(C(F)(F)F)c1. The van der Waals surface area contributed by atoms with Crippen molar-refractivity contribution < 1.29 is 27.1 Å². The van der Waals surface area contributed by atoms with Gasteiger partial charge in [-0.3, -0.25) is 4.90 Å². The molecule has 2 atom stereocenters. The van der Waals surface area contributed by atoms with Gasteiger partial charge in [0.1, 0.15) is 11.4 Å². The molecule has 146 valence electrons. The Kier molecular flexibility index (Phi) is 5.85. The fourth-order valence-corrected chi connectivity index (χ4v) is 2.74. The third-order valence-corrected chi connectivity index (χ3v) is 4.26. The van der Waals surface area contributed by atoms with Crippen molar-refractivity contribution in [3.63, 3.8) is 0 Å². The number of carbonyl (C=O) groups excluding carboxylic acids is 1. The van der Waals surface area contributed by atoms with Crippen molar-refractivity contribution in [1.82, 2.24) is 10.2 Å². The molecular formula is C18H24F4N2O2. The Morgan fingerprint density at radius 1 is 1.35 bits per heavy atom. The first-order chi connectivity index (χ1) is 11.9. The first-order valence-corrected chi connectivity index (χ1v) is 8.47. The molecule has 1 fully saturated rings. The van der Waals surface area contributed by atoms with Gasteiger partial charge in [0.05, 0.1) is 11.6 Å². The summed E-state index contributed by atoms with van der Waals surface area (Å²) in [5, 5.41) is 2.62. The molecule has 1 aliphatic rings. The monoisotopic (exact) mass is 376 g/mol. The van der Waals surface area contributed by atoms with Gasteiger partial charge in [0.15, 0.2) is 0 Å². The number of hydrogen-bond donors (Lipinski definition) is 1. The Labute approximate surface area is 150 Å². The first kappa shape index (κ1) is 20.5. The number of halogens is 4. The molecule has 1 N–H and O–H groups in total. The number of likely N-dealkylation sites (tertiary alicyclic amines) is 1.